The van der Waals surface area contributed by atoms with Gasteiger partial charge in [-0.3, -0.25) is 0 Å². The van der Waals surface area contributed by atoms with Crippen LogP contribution in [0.1, 0.15) is 47.2 Å². The average Bonchev–Trinajstić information content (AvgIpc) is 3.69. The largest absolute Gasteiger partial charge is 0.387 e. The standard InChI is InChI=1S/C47H44O6/c1-45(2)52-43-41(48)42(50-44(43)53-45)40(51-47(37-27-15-6-16-28-37,38-29-17-7-18-30-38)39-31-19-8-20-32-39)33-49-46(34-21-9-3-10-22-34,35-23-11-4-12-24-35)36-25-13-5-14-26-36/h3-32,40-44,48H,33H2,1-2H3/t40-,41+,42-,43-,44-/m1/s1. The zero-order valence-electron chi connectivity index (χ0n) is 29.9. The molecule has 0 aromatic heterocycles. The molecule has 6 heteroatoms. The summed E-state index contributed by atoms with van der Waals surface area (Å²) in [6.07, 6.45) is -4.28. The van der Waals surface area contributed by atoms with Gasteiger partial charge in [0, 0.05) is 0 Å². The first-order valence-electron chi connectivity index (χ1n) is 18.2. The second kappa shape index (κ2) is 14.8. The van der Waals surface area contributed by atoms with Crippen LogP contribution in [0.4, 0.5) is 0 Å². The summed E-state index contributed by atoms with van der Waals surface area (Å²) >= 11 is 0. The fourth-order valence-electron chi connectivity index (χ4n) is 7.95. The molecule has 6 aromatic carbocycles. The van der Waals surface area contributed by atoms with Crippen molar-refractivity contribution < 1.29 is 28.8 Å². The Morgan fingerprint density at radius 3 is 1.21 bits per heavy atom. The zero-order chi connectivity index (χ0) is 36.3. The van der Waals surface area contributed by atoms with E-state index in [-0.39, 0.29) is 6.61 Å². The van der Waals surface area contributed by atoms with E-state index in [1.807, 2.05) is 123 Å². The highest BCUT2D eigenvalue weighted by molar-refractivity contribution is 5.49. The molecule has 2 fully saturated rings. The third-order valence-electron chi connectivity index (χ3n) is 10.3. The minimum Gasteiger partial charge on any atom is -0.387 e. The lowest BCUT2D eigenvalue weighted by Gasteiger charge is -2.43. The highest BCUT2D eigenvalue weighted by Gasteiger charge is 2.58. The second-order valence-corrected chi connectivity index (χ2v) is 14.1. The van der Waals surface area contributed by atoms with Crippen LogP contribution in [-0.4, -0.2) is 48.2 Å². The summed E-state index contributed by atoms with van der Waals surface area (Å²) in [5.74, 6) is -0.904. The summed E-state index contributed by atoms with van der Waals surface area (Å²) in [5.41, 5.74) is 3.44. The van der Waals surface area contributed by atoms with Crippen molar-refractivity contribution in [2.75, 3.05) is 6.61 Å². The predicted octanol–water partition coefficient (Wildman–Crippen LogP) is 8.61. The van der Waals surface area contributed by atoms with Crippen LogP contribution in [-0.2, 0) is 34.9 Å². The Kier molecular flexibility index (Phi) is 9.83. The van der Waals surface area contributed by atoms with Gasteiger partial charge in [0.1, 0.15) is 35.6 Å². The van der Waals surface area contributed by atoms with Crippen molar-refractivity contribution in [1.82, 2.24) is 0 Å². The smallest absolute Gasteiger partial charge is 0.190 e. The highest BCUT2D eigenvalue weighted by atomic mass is 16.8. The summed E-state index contributed by atoms with van der Waals surface area (Å²) in [5, 5.41) is 12.1. The van der Waals surface area contributed by atoms with E-state index in [9.17, 15) is 5.11 Å². The maximum absolute atomic E-state index is 12.1. The summed E-state index contributed by atoms with van der Waals surface area (Å²) in [4.78, 5) is 0. The lowest BCUT2D eigenvalue weighted by Crippen LogP contribution is -2.50. The minimum absolute atomic E-state index is 0.0253. The fourth-order valence-corrected chi connectivity index (χ4v) is 7.95. The first-order chi connectivity index (χ1) is 25.9. The summed E-state index contributed by atoms with van der Waals surface area (Å²) in [7, 11) is 0. The normalized spacial score (nSPS) is 21.6. The van der Waals surface area contributed by atoms with Crippen LogP contribution in [0.15, 0.2) is 182 Å². The van der Waals surface area contributed by atoms with Gasteiger partial charge in [0.2, 0.25) is 0 Å². The molecule has 0 saturated carbocycles. The third-order valence-corrected chi connectivity index (χ3v) is 10.3. The van der Waals surface area contributed by atoms with E-state index in [0.717, 1.165) is 33.4 Å². The highest BCUT2D eigenvalue weighted by Crippen LogP contribution is 2.47. The summed E-state index contributed by atoms with van der Waals surface area (Å²) < 4.78 is 34.1. The average molecular weight is 705 g/mol. The van der Waals surface area contributed by atoms with Gasteiger partial charge in [0.05, 0.1) is 6.61 Å². The Bertz CT molecular complexity index is 1850. The van der Waals surface area contributed by atoms with Crippen LogP contribution in [0, 0.1) is 0 Å². The molecule has 1 N–H and O–H groups in total. The minimum atomic E-state index is -1.13. The molecule has 5 atom stereocenters. The van der Waals surface area contributed by atoms with Gasteiger partial charge in [-0.2, -0.15) is 0 Å². The summed E-state index contributed by atoms with van der Waals surface area (Å²) in [6.45, 7) is 3.68. The van der Waals surface area contributed by atoms with E-state index in [2.05, 4.69) is 72.8 Å². The van der Waals surface area contributed by atoms with Crippen LogP contribution in [0.5, 0.6) is 0 Å². The Morgan fingerprint density at radius 2 is 0.868 bits per heavy atom. The van der Waals surface area contributed by atoms with E-state index >= 15 is 0 Å². The van der Waals surface area contributed by atoms with Crippen molar-refractivity contribution in [1.29, 1.82) is 0 Å². The predicted molar refractivity (Wildman–Crippen MR) is 204 cm³/mol. The molecule has 2 aliphatic heterocycles. The van der Waals surface area contributed by atoms with Crippen molar-refractivity contribution in [3.05, 3.63) is 215 Å². The molecule has 8 rings (SSSR count). The molecule has 2 aliphatic rings. The molecule has 0 unspecified atom stereocenters. The van der Waals surface area contributed by atoms with Crippen molar-refractivity contribution in [3.63, 3.8) is 0 Å². The molecule has 0 spiro atoms. The van der Waals surface area contributed by atoms with Crippen molar-refractivity contribution in [2.24, 2.45) is 0 Å². The molecule has 268 valence electrons. The molecule has 0 bridgehead atoms. The number of hydrogen-bond acceptors (Lipinski definition) is 6. The van der Waals surface area contributed by atoms with Crippen molar-refractivity contribution in [3.8, 4) is 0 Å². The number of aliphatic hydroxyl groups excluding tert-OH is 1. The first kappa shape index (κ1) is 35.1. The number of fused-ring (bicyclic) bond motifs is 1. The number of aliphatic hydroxyl groups is 1. The van der Waals surface area contributed by atoms with Gasteiger partial charge >= 0.3 is 0 Å². The molecule has 0 radical (unpaired) electrons. The van der Waals surface area contributed by atoms with Gasteiger partial charge in [-0.1, -0.05) is 182 Å². The van der Waals surface area contributed by atoms with Gasteiger partial charge in [-0.05, 0) is 47.2 Å². The van der Waals surface area contributed by atoms with Crippen LogP contribution < -0.4 is 0 Å². The Labute approximate surface area is 311 Å². The number of benzene rings is 6. The molecule has 0 aliphatic carbocycles. The van der Waals surface area contributed by atoms with Gasteiger partial charge in [0.25, 0.3) is 0 Å². The molecular formula is C47H44O6. The van der Waals surface area contributed by atoms with Crippen molar-refractivity contribution in [2.45, 2.75) is 61.5 Å². The maximum Gasteiger partial charge on any atom is 0.190 e. The number of ether oxygens (including phenoxy) is 5. The van der Waals surface area contributed by atoms with E-state index < -0.39 is 47.7 Å². The molecule has 6 aromatic rings. The first-order valence-corrected chi connectivity index (χ1v) is 18.2. The maximum atomic E-state index is 12.1. The quantitative estimate of drug-likeness (QED) is 0.129. The third kappa shape index (κ3) is 6.64. The molecule has 2 saturated heterocycles. The molecule has 6 nitrogen and oxygen atoms in total. The van der Waals surface area contributed by atoms with Crippen LogP contribution in [0.3, 0.4) is 0 Å². The van der Waals surface area contributed by atoms with Gasteiger partial charge < -0.3 is 28.8 Å². The van der Waals surface area contributed by atoms with Gasteiger partial charge in [0.15, 0.2) is 12.1 Å². The zero-order valence-corrected chi connectivity index (χ0v) is 29.9. The Balaban J connectivity index is 1.30. The topological polar surface area (TPSA) is 66.4 Å². The Morgan fingerprint density at radius 1 is 0.528 bits per heavy atom. The van der Waals surface area contributed by atoms with Crippen LogP contribution in [0.2, 0.25) is 0 Å². The van der Waals surface area contributed by atoms with E-state index in [0.29, 0.717) is 0 Å². The van der Waals surface area contributed by atoms with E-state index in [1.54, 1.807) is 0 Å². The summed E-state index contributed by atoms with van der Waals surface area (Å²) in [6, 6.07) is 61.3. The SMILES string of the molecule is CC1(C)O[C@H]2O[C@H]([C@@H](COC(c3ccccc3)(c3ccccc3)c3ccccc3)OC(c3ccccc3)(c3ccccc3)c3ccccc3)[C@H](O)[C@H]2O1. The van der Waals surface area contributed by atoms with E-state index in [1.165, 1.54) is 0 Å². The molecular weight excluding hydrogens is 661 g/mol. The molecule has 0 amide bonds. The second-order valence-electron chi connectivity index (χ2n) is 14.1. The number of rotatable bonds is 12. The lowest BCUT2D eigenvalue weighted by atomic mass is 9.79. The van der Waals surface area contributed by atoms with Crippen LogP contribution >= 0.6 is 0 Å². The van der Waals surface area contributed by atoms with Gasteiger partial charge in [-0.15, -0.1) is 0 Å². The van der Waals surface area contributed by atoms with E-state index in [4.69, 9.17) is 23.7 Å². The van der Waals surface area contributed by atoms with Gasteiger partial charge in [-0.25, -0.2) is 0 Å². The number of hydrogen-bond donors (Lipinski definition) is 1. The Hall–Kier alpha value is -4.92. The monoisotopic (exact) mass is 704 g/mol. The molecule has 53 heavy (non-hydrogen) atoms. The van der Waals surface area contributed by atoms with Crippen molar-refractivity contribution >= 4 is 0 Å². The van der Waals surface area contributed by atoms with Crippen LogP contribution in [0.25, 0.3) is 0 Å². The lowest BCUT2D eigenvalue weighted by molar-refractivity contribution is -0.242. The fraction of sp³-hybridized carbons (Fsp3) is 0.234. The molecule has 2 heterocycles.